The number of esters is 1. The van der Waals surface area contributed by atoms with E-state index in [1.54, 1.807) is 24.3 Å². The van der Waals surface area contributed by atoms with Gasteiger partial charge in [0.2, 0.25) is 0 Å². The largest absolute Gasteiger partial charge is 0.529 e. The molecule has 0 saturated heterocycles. The highest BCUT2D eigenvalue weighted by Crippen LogP contribution is 2.49. The van der Waals surface area contributed by atoms with Crippen molar-refractivity contribution < 1.29 is 27.7 Å². The van der Waals surface area contributed by atoms with Crippen molar-refractivity contribution in [2.45, 2.75) is 6.92 Å². The van der Waals surface area contributed by atoms with Gasteiger partial charge in [0, 0.05) is 19.2 Å². The summed E-state index contributed by atoms with van der Waals surface area (Å²) >= 11 is 5.71. The zero-order valence-corrected chi connectivity index (χ0v) is 12.8. The van der Waals surface area contributed by atoms with E-state index in [0.29, 0.717) is 10.8 Å². The average Bonchev–Trinajstić information content (AvgIpc) is 2.41. The predicted octanol–water partition coefficient (Wildman–Crippen LogP) is 3.57. The average molecular weight is 321 g/mol. The minimum atomic E-state index is -3.68. The fourth-order valence-corrected chi connectivity index (χ4v) is 2.00. The van der Waals surface area contributed by atoms with Crippen LogP contribution in [-0.4, -0.2) is 20.2 Å². The highest BCUT2D eigenvalue weighted by atomic mass is 35.5. The first kappa shape index (κ1) is 16.7. The summed E-state index contributed by atoms with van der Waals surface area (Å²) in [5, 5.41) is 0.529. The number of halogens is 1. The molecule has 0 spiro atoms. The van der Waals surface area contributed by atoms with Gasteiger partial charge in [-0.1, -0.05) is 11.6 Å². The number of ether oxygens (including phenoxy) is 1. The van der Waals surface area contributed by atoms with Crippen LogP contribution in [0, 0.1) is 0 Å². The lowest BCUT2D eigenvalue weighted by Crippen LogP contribution is -2.05. The van der Waals surface area contributed by atoms with Gasteiger partial charge in [-0.15, -0.1) is 0 Å². The Kier molecular flexibility index (Phi) is 6.23. The topological polar surface area (TPSA) is 71.1 Å². The molecule has 0 fully saturated rings. The van der Waals surface area contributed by atoms with Gasteiger partial charge in [-0.05, 0) is 31.2 Å². The van der Waals surface area contributed by atoms with Crippen LogP contribution in [-0.2, 0) is 22.9 Å². The Morgan fingerprint density at radius 2 is 1.75 bits per heavy atom. The molecule has 0 aliphatic heterocycles. The van der Waals surface area contributed by atoms with Crippen molar-refractivity contribution in [3.05, 3.63) is 41.1 Å². The van der Waals surface area contributed by atoms with Crippen LogP contribution in [0.15, 0.2) is 36.1 Å². The number of phosphoric acid groups is 1. The van der Waals surface area contributed by atoms with E-state index in [9.17, 15) is 9.36 Å². The van der Waals surface area contributed by atoms with Crippen molar-refractivity contribution in [1.29, 1.82) is 0 Å². The van der Waals surface area contributed by atoms with E-state index < -0.39 is 13.8 Å². The van der Waals surface area contributed by atoms with E-state index in [-0.39, 0.29) is 5.76 Å². The fraction of sp³-hybridized carbons (Fsp3) is 0.250. The molecule has 0 saturated carbocycles. The maximum Gasteiger partial charge on any atom is 0.529 e. The van der Waals surface area contributed by atoms with E-state index in [4.69, 9.17) is 20.9 Å². The van der Waals surface area contributed by atoms with Crippen LogP contribution in [0.1, 0.15) is 6.92 Å². The third kappa shape index (κ3) is 5.35. The van der Waals surface area contributed by atoms with Crippen molar-refractivity contribution in [3.8, 4) is 5.75 Å². The highest BCUT2D eigenvalue weighted by Gasteiger charge is 2.24. The molecule has 0 amide bonds. The van der Waals surface area contributed by atoms with E-state index in [1.165, 1.54) is 21.1 Å². The standard InChI is InChI=1S/C12H14ClO6P/c1-9(19-20(15,16-2)17-3)8-12(14)18-11-6-4-10(13)5-7-11/h4-8H,1-3H3/b9-8-. The molecule has 0 unspecified atom stereocenters. The lowest BCUT2D eigenvalue weighted by Gasteiger charge is -2.14. The van der Waals surface area contributed by atoms with Gasteiger partial charge in [0.05, 0.1) is 6.08 Å². The van der Waals surface area contributed by atoms with Crippen LogP contribution < -0.4 is 4.74 Å². The van der Waals surface area contributed by atoms with E-state index in [1.807, 2.05) is 0 Å². The van der Waals surface area contributed by atoms with Crippen molar-refractivity contribution in [2.24, 2.45) is 0 Å². The molecule has 6 nitrogen and oxygen atoms in total. The Bertz CT molecular complexity index is 531. The van der Waals surface area contributed by atoms with Crippen LogP contribution in [0.2, 0.25) is 5.02 Å². The number of carbonyl (C=O) groups excluding carboxylic acids is 1. The first-order valence-corrected chi connectivity index (χ1v) is 7.29. The number of hydrogen-bond acceptors (Lipinski definition) is 6. The Morgan fingerprint density at radius 1 is 1.20 bits per heavy atom. The number of benzene rings is 1. The van der Waals surface area contributed by atoms with E-state index >= 15 is 0 Å². The second-order valence-corrected chi connectivity index (χ2v) is 5.78. The summed E-state index contributed by atoms with van der Waals surface area (Å²) in [5.41, 5.74) is 0. The molecule has 1 aromatic rings. The third-order valence-electron chi connectivity index (χ3n) is 2.06. The molecule has 0 N–H and O–H groups in total. The molecule has 0 aliphatic carbocycles. The molecule has 0 atom stereocenters. The maximum absolute atomic E-state index is 11.7. The SMILES string of the molecule is COP(=O)(OC)O/C(C)=C\C(=O)Oc1ccc(Cl)cc1. The van der Waals surface area contributed by atoms with Crippen LogP contribution in [0.3, 0.4) is 0 Å². The summed E-state index contributed by atoms with van der Waals surface area (Å²) in [4.78, 5) is 11.6. The summed E-state index contributed by atoms with van der Waals surface area (Å²) in [6, 6.07) is 6.25. The van der Waals surface area contributed by atoms with Crippen molar-refractivity contribution in [1.82, 2.24) is 0 Å². The van der Waals surface area contributed by atoms with Gasteiger partial charge in [0.15, 0.2) is 0 Å². The second-order valence-electron chi connectivity index (χ2n) is 3.53. The molecule has 0 bridgehead atoms. The lowest BCUT2D eigenvalue weighted by molar-refractivity contribution is -0.129. The Labute approximate surface area is 121 Å². The summed E-state index contributed by atoms with van der Waals surface area (Å²) < 4.78 is 30.7. The van der Waals surface area contributed by atoms with Gasteiger partial charge in [0.1, 0.15) is 11.5 Å². The number of phosphoric ester groups is 1. The zero-order valence-electron chi connectivity index (χ0n) is 11.2. The molecule has 0 radical (unpaired) electrons. The number of carbonyl (C=O) groups is 1. The van der Waals surface area contributed by atoms with Crippen LogP contribution in [0.25, 0.3) is 0 Å². The monoisotopic (exact) mass is 320 g/mol. The maximum atomic E-state index is 11.7. The molecule has 0 heterocycles. The first-order chi connectivity index (χ1) is 9.38. The van der Waals surface area contributed by atoms with Crippen molar-refractivity contribution in [2.75, 3.05) is 14.2 Å². The molecular weight excluding hydrogens is 307 g/mol. The first-order valence-electron chi connectivity index (χ1n) is 5.45. The number of rotatable bonds is 6. The van der Waals surface area contributed by atoms with Gasteiger partial charge < -0.3 is 9.26 Å². The summed E-state index contributed by atoms with van der Waals surface area (Å²) in [7, 11) is -1.34. The second kappa shape index (κ2) is 7.45. The molecule has 0 aliphatic rings. The highest BCUT2D eigenvalue weighted by molar-refractivity contribution is 7.48. The van der Waals surface area contributed by atoms with Gasteiger partial charge in [-0.2, -0.15) is 0 Å². The number of hydrogen-bond donors (Lipinski definition) is 0. The molecule has 1 rings (SSSR count). The Balaban J connectivity index is 2.66. The van der Waals surface area contributed by atoms with Crippen LogP contribution in [0.4, 0.5) is 0 Å². The molecule has 20 heavy (non-hydrogen) atoms. The van der Waals surface area contributed by atoms with Gasteiger partial charge in [0.25, 0.3) is 0 Å². The van der Waals surface area contributed by atoms with Gasteiger partial charge >= 0.3 is 13.8 Å². The molecular formula is C12H14ClO6P. The molecule has 110 valence electrons. The summed E-state index contributed by atoms with van der Waals surface area (Å²) in [5.74, 6) is -0.329. The van der Waals surface area contributed by atoms with Crippen molar-refractivity contribution >= 4 is 25.4 Å². The van der Waals surface area contributed by atoms with Crippen LogP contribution in [0.5, 0.6) is 5.75 Å². The molecule has 8 heteroatoms. The minimum absolute atomic E-state index is 0.0380. The quantitative estimate of drug-likeness (QED) is 0.262. The van der Waals surface area contributed by atoms with Crippen LogP contribution >= 0.6 is 19.4 Å². The Morgan fingerprint density at radius 3 is 2.25 bits per heavy atom. The zero-order chi connectivity index (χ0) is 15.2. The lowest BCUT2D eigenvalue weighted by atomic mass is 10.3. The number of allylic oxidation sites excluding steroid dienone is 1. The van der Waals surface area contributed by atoms with Gasteiger partial charge in [-0.3, -0.25) is 9.05 Å². The Hall–Kier alpha value is -1.33. The predicted molar refractivity (Wildman–Crippen MR) is 73.6 cm³/mol. The van der Waals surface area contributed by atoms with Crippen molar-refractivity contribution in [3.63, 3.8) is 0 Å². The smallest absolute Gasteiger partial charge is 0.423 e. The fourth-order valence-electron chi connectivity index (χ4n) is 1.17. The van der Waals surface area contributed by atoms with E-state index in [0.717, 1.165) is 6.08 Å². The van der Waals surface area contributed by atoms with E-state index in [2.05, 4.69) is 9.05 Å². The normalized spacial score (nSPS) is 12.1. The van der Waals surface area contributed by atoms with Gasteiger partial charge in [-0.25, -0.2) is 9.36 Å². The third-order valence-corrected chi connectivity index (χ3v) is 3.71. The summed E-state index contributed by atoms with van der Waals surface area (Å²) in [6.45, 7) is 1.42. The summed E-state index contributed by atoms with van der Waals surface area (Å²) in [6.07, 6.45) is 1.03. The minimum Gasteiger partial charge on any atom is -0.423 e. The molecule has 1 aromatic carbocycles. The molecule has 0 aromatic heterocycles.